The zero-order chi connectivity index (χ0) is 23.8. The van der Waals surface area contributed by atoms with Crippen LogP contribution in [0.1, 0.15) is 29.1 Å². The van der Waals surface area contributed by atoms with Crippen LogP contribution >= 0.6 is 23.1 Å². The van der Waals surface area contributed by atoms with Gasteiger partial charge in [0.25, 0.3) is 5.91 Å². The van der Waals surface area contributed by atoms with Gasteiger partial charge >= 0.3 is 12.1 Å². The normalized spacial score (nSPS) is 11.8. The van der Waals surface area contributed by atoms with E-state index in [0.717, 1.165) is 20.7 Å². The number of alkyl carbamates (subject to hydrolysis) is 1. The summed E-state index contributed by atoms with van der Waals surface area (Å²) in [6.07, 6.45) is 2.50. The van der Waals surface area contributed by atoms with E-state index in [1.165, 1.54) is 11.3 Å². The van der Waals surface area contributed by atoms with Crippen LogP contribution in [-0.2, 0) is 20.9 Å². The minimum atomic E-state index is -1.10. The first-order valence-electron chi connectivity index (χ1n) is 10.3. The molecule has 3 rings (SSSR count). The van der Waals surface area contributed by atoms with Crippen molar-refractivity contribution in [3.8, 4) is 0 Å². The van der Waals surface area contributed by atoms with Crippen LogP contribution in [0.15, 0.2) is 53.6 Å². The number of aromatic nitrogens is 1. The fraction of sp³-hybridized carbons (Fsp3) is 0.304. The van der Waals surface area contributed by atoms with Crippen molar-refractivity contribution in [1.29, 1.82) is 0 Å². The highest BCUT2D eigenvalue weighted by Crippen LogP contribution is 2.32. The van der Waals surface area contributed by atoms with Gasteiger partial charge in [0.05, 0.1) is 21.2 Å². The van der Waals surface area contributed by atoms with E-state index in [0.29, 0.717) is 4.88 Å². The molecule has 0 saturated carbocycles. The molecule has 2 N–H and O–H groups in total. The molecule has 3 aromatic rings. The van der Waals surface area contributed by atoms with Gasteiger partial charge in [-0.25, -0.2) is 9.59 Å². The van der Waals surface area contributed by atoms with Crippen molar-refractivity contribution in [2.24, 2.45) is 0 Å². The summed E-state index contributed by atoms with van der Waals surface area (Å²) in [7, 11) is 0. The number of rotatable bonds is 9. The second kappa shape index (κ2) is 11.7. The Morgan fingerprint density at radius 1 is 1.15 bits per heavy atom. The Hall–Kier alpha value is -3.11. The summed E-state index contributed by atoms with van der Waals surface area (Å²) in [6, 6.07) is 11.7. The number of amides is 2. The van der Waals surface area contributed by atoms with Crippen LogP contribution in [-0.4, -0.2) is 47.9 Å². The third kappa shape index (κ3) is 6.93. The summed E-state index contributed by atoms with van der Waals surface area (Å²) < 4.78 is 11.3. The molecule has 33 heavy (non-hydrogen) atoms. The Kier molecular flexibility index (Phi) is 8.67. The van der Waals surface area contributed by atoms with Crippen LogP contribution in [0.4, 0.5) is 4.79 Å². The van der Waals surface area contributed by atoms with E-state index in [9.17, 15) is 14.4 Å². The number of hydrogen-bond acceptors (Lipinski definition) is 8. The molecule has 0 bridgehead atoms. The van der Waals surface area contributed by atoms with E-state index < -0.39 is 18.1 Å². The summed E-state index contributed by atoms with van der Waals surface area (Å²) in [5.41, 5.74) is 1.54. The average molecular weight is 488 g/mol. The Morgan fingerprint density at radius 3 is 2.61 bits per heavy atom. The molecule has 0 radical (unpaired) electrons. The highest BCUT2D eigenvalue weighted by atomic mass is 32.2. The van der Waals surface area contributed by atoms with Gasteiger partial charge in [-0.1, -0.05) is 30.3 Å². The maximum absolute atomic E-state index is 12.7. The molecule has 0 aliphatic heterocycles. The Bertz CT molecular complexity index is 1120. The van der Waals surface area contributed by atoms with E-state index in [-0.39, 0.29) is 25.2 Å². The lowest BCUT2D eigenvalue weighted by Crippen LogP contribution is -2.49. The predicted octanol–water partition coefficient (Wildman–Crippen LogP) is 3.99. The first kappa shape index (κ1) is 24.5. The Balaban J connectivity index is 1.63. The van der Waals surface area contributed by atoms with Gasteiger partial charge in [0.15, 0.2) is 0 Å². The Morgan fingerprint density at radius 2 is 1.91 bits per heavy atom. The van der Waals surface area contributed by atoms with Crippen LogP contribution in [0, 0.1) is 0 Å². The summed E-state index contributed by atoms with van der Waals surface area (Å²) in [4.78, 5) is 43.3. The van der Waals surface area contributed by atoms with Crippen molar-refractivity contribution >= 4 is 51.3 Å². The molecular weight excluding hydrogens is 462 g/mol. The van der Waals surface area contributed by atoms with Crippen LogP contribution in [0.5, 0.6) is 0 Å². The van der Waals surface area contributed by atoms with E-state index in [2.05, 4.69) is 15.6 Å². The zero-order valence-electron chi connectivity index (χ0n) is 18.5. The van der Waals surface area contributed by atoms with E-state index >= 15 is 0 Å². The number of ether oxygens (including phenoxy) is 2. The number of fused-ring (bicyclic) bond motifs is 1. The van der Waals surface area contributed by atoms with Crippen LogP contribution < -0.4 is 10.6 Å². The third-order valence-corrected chi connectivity index (χ3v) is 6.49. The van der Waals surface area contributed by atoms with Crippen molar-refractivity contribution in [3.05, 3.63) is 59.1 Å². The zero-order valence-corrected chi connectivity index (χ0v) is 20.1. The summed E-state index contributed by atoms with van der Waals surface area (Å²) in [5.74, 6) is -1.03. The number of benzene rings is 1. The second-order valence-electron chi connectivity index (χ2n) is 7.29. The molecule has 0 aliphatic carbocycles. The molecule has 10 heteroatoms. The Labute approximate surface area is 200 Å². The van der Waals surface area contributed by atoms with Gasteiger partial charge in [-0.15, -0.1) is 23.1 Å². The topological polar surface area (TPSA) is 107 Å². The van der Waals surface area contributed by atoms with E-state index in [1.54, 1.807) is 37.9 Å². The number of esters is 1. The van der Waals surface area contributed by atoms with Crippen molar-refractivity contribution < 1.29 is 23.9 Å². The molecule has 2 heterocycles. The standard InChI is InChI=1S/C23H25N3O5S2/c1-14(2)31-22(28)17(26-23(29)30-13-15-7-5-4-6-8-15)12-25-21(27)19-11-16-20(33-19)18(32-3)9-10-24-16/h4-11,14,17H,12-13H2,1-3H3,(H,25,27)(H,26,29)/t17-/m1/s1. The average Bonchev–Trinajstić information content (AvgIpc) is 3.25. The molecule has 2 amide bonds. The summed E-state index contributed by atoms with van der Waals surface area (Å²) >= 11 is 2.90. The molecule has 0 saturated heterocycles. The lowest BCUT2D eigenvalue weighted by atomic mass is 10.2. The van der Waals surface area contributed by atoms with E-state index in [1.807, 2.05) is 42.7 Å². The van der Waals surface area contributed by atoms with Crippen LogP contribution in [0.2, 0.25) is 0 Å². The number of pyridine rings is 1. The lowest BCUT2D eigenvalue weighted by molar-refractivity contribution is -0.149. The number of nitrogens with zero attached hydrogens (tertiary/aromatic N) is 1. The highest BCUT2D eigenvalue weighted by Gasteiger charge is 2.25. The smallest absolute Gasteiger partial charge is 0.408 e. The summed E-state index contributed by atoms with van der Waals surface area (Å²) in [5, 5.41) is 5.18. The van der Waals surface area contributed by atoms with Crippen LogP contribution in [0.3, 0.4) is 0 Å². The molecule has 1 aromatic carbocycles. The fourth-order valence-corrected chi connectivity index (χ4v) is 4.69. The van der Waals surface area contributed by atoms with Gasteiger partial charge in [0, 0.05) is 17.6 Å². The molecule has 0 aliphatic rings. The van der Waals surface area contributed by atoms with Crippen molar-refractivity contribution in [1.82, 2.24) is 15.6 Å². The fourth-order valence-electron chi connectivity index (χ4n) is 2.88. The van der Waals surface area contributed by atoms with E-state index in [4.69, 9.17) is 9.47 Å². The molecular formula is C23H25N3O5S2. The molecule has 0 unspecified atom stereocenters. The summed E-state index contributed by atoms with van der Waals surface area (Å²) in [6.45, 7) is 3.31. The number of thioether (sulfide) groups is 1. The maximum Gasteiger partial charge on any atom is 0.408 e. The first-order valence-corrected chi connectivity index (χ1v) is 12.3. The minimum Gasteiger partial charge on any atom is -0.461 e. The number of carbonyl (C=O) groups excluding carboxylic acids is 3. The van der Waals surface area contributed by atoms with Gasteiger partial charge < -0.3 is 20.1 Å². The molecule has 0 fully saturated rings. The maximum atomic E-state index is 12.7. The molecule has 1 atom stereocenters. The van der Waals surface area contributed by atoms with Crippen molar-refractivity contribution in [3.63, 3.8) is 0 Å². The molecule has 174 valence electrons. The predicted molar refractivity (Wildman–Crippen MR) is 129 cm³/mol. The third-order valence-electron chi connectivity index (χ3n) is 4.43. The van der Waals surface area contributed by atoms with Gasteiger partial charge in [0.1, 0.15) is 12.6 Å². The van der Waals surface area contributed by atoms with Crippen molar-refractivity contribution in [2.45, 2.75) is 37.5 Å². The van der Waals surface area contributed by atoms with Gasteiger partial charge in [-0.3, -0.25) is 9.78 Å². The number of hydrogen-bond donors (Lipinski definition) is 2. The minimum absolute atomic E-state index is 0.0531. The first-order chi connectivity index (χ1) is 15.9. The highest BCUT2D eigenvalue weighted by molar-refractivity contribution is 7.99. The van der Waals surface area contributed by atoms with Crippen molar-refractivity contribution in [2.75, 3.05) is 12.8 Å². The van der Waals surface area contributed by atoms with Gasteiger partial charge in [0.2, 0.25) is 0 Å². The quantitative estimate of drug-likeness (QED) is 0.347. The SMILES string of the molecule is CSc1ccnc2cc(C(=O)NC[C@@H](NC(=O)OCc3ccccc3)C(=O)OC(C)C)sc12. The molecule has 0 spiro atoms. The van der Waals surface area contributed by atoms with Crippen LogP contribution in [0.25, 0.3) is 10.2 Å². The second-order valence-corrected chi connectivity index (χ2v) is 9.19. The number of carbonyl (C=O) groups is 3. The van der Waals surface area contributed by atoms with Gasteiger partial charge in [-0.05, 0) is 37.8 Å². The monoisotopic (exact) mass is 487 g/mol. The number of thiophene rings is 1. The molecule has 8 nitrogen and oxygen atoms in total. The largest absolute Gasteiger partial charge is 0.461 e. The lowest BCUT2D eigenvalue weighted by Gasteiger charge is -2.19. The number of nitrogens with one attached hydrogen (secondary N) is 2. The molecule has 2 aromatic heterocycles. The van der Waals surface area contributed by atoms with Gasteiger partial charge in [-0.2, -0.15) is 0 Å².